The molecule has 0 aliphatic carbocycles. The second-order valence-electron chi connectivity index (χ2n) is 4.44. The average molecular weight is 236 g/mol. The summed E-state index contributed by atoms with van der Waals surface area (Å²) < 4.78 is 4.85. The second-order valence-corrected chi connectivity index (χ2v) is 5.23. The summed E-state index contributed by atoms with van der Waals surface area (Å²) in [5.41, 5.74) is 1.12. The van der Waals surface area contributed by atoms with Crippen LogP contribution in [0, 0.1) is 5.41 Å². The van der Waals surface area contributed by atoms with Crippen LogP contribution in [0.3, 0.4) is 0 Å². The molecule has 0 amide bonds. The van der Waals surface area contributed by atoms with Gasteiger partial charge in [-0.2, -0.15) is 0 Å². The zero-order valence-corrected chi connectivity index (χ0v) is 9.91. The highest BCUT2D eigenvalue weighted by molar-refractivity contribution is 7.12. The number of aromatic nitrogens is 2. The van der Waals surface area contributed by atoms with Gasteiger partial charge in [0.1, 0.15) is 5.52 Å². The Labute approximate surface area is 97.1 Å². The van der Waals surface area contributed by atoms with Gasteiger partial charge in [0.05, 0.1) is 10.1 Å². The van der Waals surface area contributed by atoms with Crippen molar-refractivity contribution in [1.29, 1.82) is 0 Å². The van der Waals surface area contributed by atoms with E-state index in [0.29, 0.717) is 6.42 Å². The molecule has 16 heavy (non-hydrogen) atoms. The normalized spacial score (nSPS) is 11.9. The number of rotatable bonds is 3. The summed E-state index contributed by atoms with van der Waals surface area (Å²) in [6.45, 7) is 3.45. The molecule has 0 unspecified atom stereocenters. The smallest absolute Gasteiger partial charge is 0.309 e. The third-order valence-corrected chi connectivity index (χ3v) is 3.22. The van der Waals surface area contributed by atoms with Gasteiger partial charge in [0.15, 0.2) is 0 Å². The molecular weight excluding hydrogens is 224 g/mol. The van der Waals surface area contributed by atoms with Gasteiger partial charge in [0.25, 0.3) is 0 Å². The number of carboxylic acids is 1. The molecule has 2 rings (SSSR count). The van der Waals surface area contributed by atoms with E-state index in [1.54, 1.807) is 13.8 Å². The van der Waals surface area contributed by atoms with Gasteiger partial charge >= 0.3 is 5.97 Å². The Balaban J connectivity index is 2.30. The van der Waals surface area contributed by atoms with E-state index in [0.717, 1.165) is 15.8 Å². The van der Waals surface area contributed by atoms with E-state index in [2.05, 4.69) is 9.59 Å². The van der Waals surface area contributed by atoms with Crippen LogP contribution in [0.4, 0.5) is 0 Å². The Hall–Kier alpha value is -1.49. The molecule has 0 spiro atoms. The first kappa shape index (κ1) is 11.0. The van der Waals surface area contributed by atoms with Crippen molar-refractivity contribution in [2.75, 3.05) is 0 Å². The molecule has 0 saturated heterocycles. The summed E-state index contributed by atoms with van der Waals surface area (Å²) >= 11 is 1.33. The average Bonchev–Trinajstić information content (AvgIpc) is 2.63. The molecular formula is C11H12N2O2S. The second kappa shape index (κ2) is 3.83. The van der Waals surface area contributed by atoms with Crippen LogP contribution in [0.2, 0.25) is 0 Å². The maximum atomic E-state index is 11.0. The number of carboxylic acid groups (broad SMARTS) is 1. The van der Waals surface area contributed by atoms with Crippen molar-refractivity contribution in [2.24, 2.45) is 5.41 Å². The van der Waals surface area contributed by atoms with Gasteiger partial charge in [-0.3, -0.25) is 4.79 Å². The van der Waals surface area contributed by atoms with Crippen molar-refractivity contribution in [2.45, 2.75) is 20.3 Å². The van der Waals surface area contributed by atoms with Gasteiger partial charge in [0, 0.05) is 0 Å². The van der Waals surface area contributed by atoms with Crippen LogP contribution in [0.15, 0.2) is 18.2 Å². The van der Waals surface area contributed by atoms with Crippen molar-refractivity contribution in [3.8, 4) is 0 Å². The summed E-state index contributed by atoms with van der Waals surface area (Å²) in [4.78, 5) is 11.0. The Morgan fingerprint density at radius 1 is 1.50 bits per heavy atom. The molecule has 4 nitrogen and oxygen atoms in total. The van der Waals surface area contributed by atoms with E-state index in [4.69, 9.17) is 5.11 Å². The lowest BCUT2D eigenvalue weighted by Crippen LogP contribution is -2.26. The van der Waals surface area contributed by atoms with Crippen molar-refractivity contribution in [3.63, 3.8) is 0 Å². The van der Waals surface area contributed by atoms with Gasteiger partial charge in [-0.15, -0.1) is 5.10 Å². The quantitative estimate of drug-likeness (QED) is 0.888. The number of aliphatic carboxylic acids is 1. The number of fused-ring (bicyclic) bond motifs is 1. The molecule has 1 aromatic carbocycles. The van der Waals surface area contributed by atoms with Crippen LogP contribution in [-0.4, -0.2) is 20.7 Å². The molecule has 1 heterocycles. The third kappa shape index (κ3) is 2.04. The maximum Gasteiger partial charge on any atom is 0.309 e. The van der Waals surface area contributed by atoms with Crippen LogP contribution >= 0.6 is 11.5 Å². The minimum absolute atomic E-state index is 0.510. The van der Waals surface area contributed by atoms with Gasteiger partial charge in [-0.1, -0.05) is 10.6 Å². The van der Waals surface area contributed by atoms with Crippen molar-refractivity contribution in [1.82, 2.24) is 9.59 Å². The number of benzene rings is 1. The highest BCUT2D eigenvalue weighted by Crippen LogP contribution is 2.25. The minimum Gasteiger partial charge on any atom is -0.481 e. The van der Waals surface area contributed by atoms with Crippen molar-refractivity contribution >= 4 is 27.7 Å². The van der Waals surface area contributed by atoms with Gasteiger partial charge in [0.2, 0.25) is 0 Å². The first-order chi connectivity index (χ1) is 7.49. The first-order valence-corrected chi connectivity index (χ1v) is 5.71. The molecule has 1 N–H and O–H groups in total. The van der Waals surface area contributed by atoms with E-state index in [1.165, 1.54) is 11.5 Å². The van der Waals surface area contributed by atoms with Crippen molar-refractivity contribution in [3.05, 3.63) is 23.8 Å². The molecule has 1 aromatic heterocycles. The third-order valence-electron chi connectivity index (χ3n) is 2.54. The maximum absolute atomic E-state index is 11.0. The Kier molecular flexibility index (Phi) is 2.63. The Morgan fingerprint density at radius 2 is 2.25 bits per heavy atom. The zero-order valence-electron chi connectivity index (χ0n) is 9.10. The van der Waals surface area contributed by atoms with Crippen LogP contribution in [0.25, 0.3) is 10.2 Å². The largest absolute Gasteiger partial charge is 0.481 e. The van der Waals surface area contributed by atoms with Crippen LogP contribution < -0.4 is 0 Å². The first-order valence-electron chi connectivity index (χ1n) is 4.93. The van der Waals surface area contributed by atoms with Crippen LogP contribution in [-0.2, 0) is 11.2 Å². The van der Waals surface area contributed by atoms with E-state index in [-0.39, 0.29) is 0 Å². The lowest BCUT2D eigenvalue weighted by atomic mass is 9.86. The number of hydrogen-bond acceptors (Lipinski definition) is 4. The molecule has 0 atom stereocenters. The Morgan fingerprint density at radius 3 is 2.94 bits per heavy atom. The molecule has 0 bridgehead atoms. The monoisotopic (exact) mass is 236 g/mol. The van der Waals surface area contributed by atoms with E-state index in [1.807, 2.05) is 18.2 Å². The summed E-state index contributed by atoms with van der Waals surface area (Å²) in [7, 11) is 0. The fourth-order valence-electron chi connectivity index (χ4n) is 1.52. The predicted octanol–water partition coefficient (Wildman–Crippen LogP) is 2.34. The number of carbonyl (C=O) groups is 1. The molecule has 0 aliphatic heterocycles. The van der Waals surface area contributed by atoms with E-state index >= 15 is 0 Å². The Bertz CT molecular complexity index is 534. The highest BCUT2D eigenvalue weighted by atomic mass is 32.1. The van der Waals surface area contributed by atoms with Gasteiger partial charge in [-0.05, 0) is 49.5 Å². The molecule has 84 valence electrons. The fourth-order valence-corrected chi connectivity index (χ4v) is 2.14. The molecule has 2 aromatic rings. The predicted molar refractivity (Wildman–Crippen MR) is 62.5 cm³/mol. The van der Waals surface area contributed by atoms with Crippen molar-refractivity contribution < 1.29 is 9.90 Å². The lowest BCUT2D eigenvalue weighted by Gasteiger charge is -2.18. The fraction of sp³-hybridized carbons (Fsp3) is 0.364. The molecule has 5 heteroatoms. The number of nitrogens with zero attached hydrogens (tertiary/aromatic N) is 2. The van der Waals surface area contributed by atoms with Crippen LogP contribution in [0.5, 0.6) is 0 Å². The molecule has 0 aliphatic rings. The van der Waals surface area contributed by atoms with Gasteiger partial charge < -0.3 is 5.11 Å². The lowest BCUT2D eigenvalue weighted by molar-refractivity contribution is -0.146. The highest BCUT2D eigenvalue weighted by Gasteiger charge is 2.27. The standard InChI is InChI=1S/C11H12N2O2S/c1-11(2,10(14)15)6-7-3-4-8-9(5-7)16-13-12-8/h3-5H,6H2,1-2H3,(H,14,15). The molecule has 0 saturated carbocycles. The minimum atomic E-state index is -0.782. The zero-order chi connectivity index (χ0) is 11.8. The molecule has 0 fully saturated rings. The summed E-state index contributed by atoms with van der Waals surface area (Å²) in [5.74, 6) is -0.782. The topological polar surface area (TPSA) is 63.1 Å². The SMILES string of the molecule is CC(C)(Cc1ccc2nnsc2c1)C(=O)O. The summed E-state index contributed by atoms with van der Waals surface area (Å²) in [6.07, 6.45) is 0.510. The van der Waals surface area contributed by atoms with Crippen LogP contribution in [0.1, 0.15) is 19.4 Å². The van der Waals surface area contributed by atoms with Gasteiger partial charge in [-0.25, -0.2) is 0 Å². The molecule has 0 radical (unpaired) electrons. The van der Waals surface area contributed by atoms with E-state index < -0.39 is 11.4 Å². The number of hydrogen-bond donors (Lipinski definition) is 1. The summed E-state index contributed by atoms with van der Waals surface area (Å²) in [5, 5.41) is 13.0. The summed E-state index contributed by atoms with van der Waals surface area (Å²) in [6, 6.07) is 5.76. The van der Waals surface area contributed by atoms with E-state index in [9.17, 15) is 4.79 Å².